The zero-order chi connectivity index (χ0) is 16.4. The van der Waals surface area contributed by atoms with E-state index in [1.807, 2.05) is 24.3 Å². The summed E-state index contributed by atoms with van der Waals surface area (Å²) in [6, 6.07) is 7.00. The van der Waals surface area contributed by atoms with E-state index in [2.05, 4.69) is 0 Å². The van der Waals surface area contributed by atoms with Crippen LogP contribution >= 0.6 is 0 Å². The first-order valence-electron chi connectivity index (χ1n) is 7.71. The first-order valence-corrected chi connectivity index (χ1v) is 7.71. The molecular weight excluding hydrogens is 298 g/mol. The quantitative estimate of drug-likeness (QED) is 0.777. The molecule has 0 radical (unpaired) electrons. The van der Waals surface area contributed by atoms with Gasteiger partial charge < -0.3 is 14.4 Å². The minimum absolute atomic E-state index is 0.0544. The van der Waals surface area contributed by atoms with Crippen molar-refractivity contribution in [2.24, 2.45) is 5.92 Å². The number of methoxy groups -OCH3 is 1. The van der Waals surface area contributed by atoms with Crippen LogP contribution in [-0.2, 0) is 36.8 Å². The maximum atomic E-state index is 12.4. The van der Waals surface area contributed by atoms with Gasteiger partial charge in [0.2, 0.25) is 0 Å². The van der Waals surface area contributed by atoms with Gasteiger partial charge in [0.05, 0.1) is 13.0 Å². The van der Waals surface area contributed by atoms with E-state index in [0.717, 1.165) is 24.0 Å². The number of rotatable bonds is 4. The molecule has 0 spiro atoms. The highest BCUT2D eigenvalue weighted by molar-refractivity contribution is 5.87. The topological polar surface area (TPSA) is 72.9 Å². The molecule has 122 valence electrons. The molecule has 1 aliphatic heterocycles. The molecule has 0 saturated heterocycles. The Labute approximate surface area is 134 Å². The predicted octanol–water partition coefficient (Wildman–Crippen LogP) is 1.07. The molecule has 0 N–H and O–H groups in total. The Bertz CT molecular complexity index is 638. The lowest BCUT2D eigenvalue weighted by atomic mass is 9.94. The fraction of sp³-hybridized carbons (Fsp3) is 0.471. The van der Waals surface area contributed by atoms with E-state index in [4.69, 9.17) is 9.47 Å². The van der Waals surface area contributed by atoms with Crippen LogP contribution in [0.1, 0.15) is 24.0 Å². The summed E-state index contributed by atoms with van der Waals surface area (Å²) in [5, 5.41) is 0. The summed E-state index contributed by atoms with van der Waals surface area (Å²) >= 11 is 0. The smallest absolute Gasteiger partial charge is 0.328 e. The zero-order valence-electron chi connectivity index (χ0n) is 13.0. The average Bonchev–Trinajstić information content (AvgIpc) is 3.42. The molecule has 1 aromatic carbocycles. The van der Waals surface area contributed by atoms with Crippen LogP contribution in [0, 0.1) is 5.92 Å². The molecular formula is C17H19NO5. The normalized spacial score (nSPS) is 19.7. The number of carbonyl (C=O) groups excluding carboxylic acids is 3. The minimum atomic E-state index is -0.679. The average molecular weight is 317 g/mol. The number of ether oxygens (including phenoxy) is 2. The van der Waals surface area contributed by atoms with Crippen LogP contribution in [0.4, 0.5) is 0 Å². The molecule has 0 unspecified atom stereocenters. The molecule has 2 aliphatic rings. The monoisotopic (exact) mass is 317 g/mol. The lowest BCUT2D eigenvalue weighted by Crippen LogP contribution is -2.50. The van der Waals surface area contributed by atoms with Crippen LogP contribution in [0.2, 0.25) is 0 Å². The van der Waals surface area contributed by atoms with Crippen LogP contribution in [0.3, 0.4) is 0 Å². The maximum absolute atomic E-state index is 12.4. The maximum Gasteiger partial charge on any atom is 0.328 e. The number of benzene rings is 1. The Morgan fingerprint density at radius 3 is 2.48 bits per heavy atom. The second-order valence-electron chi connectivity index (χ2n) is 5.92. The second-order valence-corrected chi connectivity index (χ2v) is 5.92. The summed E-state index contributed by atoms with van der Waals surface area (Å²) in [5.74, 6) is -1.21. The molecule has 1 fully saturated rings. The number of fused-ring (bicyclic) bond motifs is 1. The predicted molar refractivity (Wildman–Crippen MR) is 80.2 cm³/mol. The van der Waals surface area contributed by atoms with Gasteiger partial charge >= 0.3 is 11.9 Å². The van der Waals surface area contributed by atoms with Crippen molar-refractivity contribution in [2.75, 3.05) is 13.7 Å². The third kappa shape index (κ3) is 3.36. The molecule has 6 heteroatoms. The number of hydrogen-bond acceptors (Lipinski definition) is 5. The molecule has 23 heavy (non-hydrogen) atoms. The Morgan fingerprint density at radius 1 is 1.13 bits per heavy atom. The van der Waals surface area contributed by atoms with Crippen LogP contribution in [-0.4, -0.2) is 42.5 Å². The summed E-state index contributed by atoms with van der Waals surface area (Å²) < 4.78 is 9.87. The molecule has 1 aliphatic carbocycles. The summed E-state index contributed by atoms with van der Waals surface area (Å²) in [5.41, 5.74) is 2.02. The molecule has 1 saturated carbocycles. The van der Waals surface area contributed by atoms with E-state index in [9.17, 15) is 14.4 Å². The SMILES string of the molecule is COC(=O)[C@H]1Cc2ccccc2CN1C(=O)COC(=O)C1CC1. The number of esters is 2. The van der Waals surface area contributed by atoms with Crippen molar-refractivity contribution in [1.29, 1.82) is 0 Å². The highest BCUT2D eigenvalue weighted by atomic mass is 16.5. The van der Waals surface area contributed by atoms with E-state index in [1.54, 1.807) is 0 Å². The Hall–Kier alpha value is -2.37. The van der Waals surface area contributed by atoms with Crippen molar-refractivity contribution in [3.63, 3.8) is 0 Å². The van der Waals surface area contributed by atoms with E-state index >= 15 is 0 Å². The standard InChI is InChI=1S/C17H19NO5/c1-22-17(21)14-8-12-4-2-3-5-13(12)9-18(14)15(19)10-23-16(20)11-6-7-11/h2-5,11,14H,6-10H2,1H3/t14-/m1/s1. The molecule has 0 bridgehead atoms. The van der Waals surface area contributed by atoms with E-state index < -0.39 is 12.0 Å². The van der Waals surface area contributed by atoms with E-state index in [-0.39, 0.29) is 24.4 Å². The first kappa shape index (κ1) is 15.5. The van der Waals surface area contributed by atoms with Crippen LogP contribution < -0.4 is 0 Å². The van der Waals surface area contributed by atoms with Gasteiger partial charge in [-0.15, -0.1) is 0 Å². The van der Waals surface area contributed by atoms with Gasteiger partial charge in [0.25, 0.3) is 5.91 Å². The second kappa shape index (κ2) is 6.40. The minimum Gasteiger partial charge on any atom is -0.467 e. The first-order chi connectivity index (χ1) is 11.1. The van der Waals surface area contributed by atoms with Gasteiger partial charge in [-0.3, -0.25) is 9.59 Å². The van der Waals surface area contributed by atoms with Crippen LogP contribution in [0.5, 0.6) is 0 Å². The summed E-state index contributed by atoms with van der Waals surface area (Å²) in [4.78, 5) is 37.5. The highest BCUT2D eigenvalue weighted by Crippen LogP contribution is 2.30. The van der Waals surface area contributed by atoms with E-state index in [1.165, 1.54) is 12.0 Å². The van der Waals surface area contributed by atoms with Crippen molar-refractivity contribution in [3.05, 3.63) is 35.4 Å². The third-order valence-corrected chi connectivity index (χ3v) is 4.29. The highest BCUT2D eigenvalue weighted by Gasteiger charge is 2.36. The van der Waals surface area contributed by atoms with Gasteiger partial charge in [0.15, 0.2) is 6.61 Å². The summed E-state index contributed by atoms with van der Waals surface area (Å²) in [6.45, 7) is -0.0131. The Kier molecular flexibility index (Phi) is 4.32. The molecule has 3 rings (SSSR count). The lowest BCUT2D eigenvalue weighted by Gasteiger charge is -2.35. The fourth-order valence-electron chi connectivity index (χ4n) is 2.78. The fourth-order valence-corrected chi connectivity index (χ4v) is 2.78. The molecule has 1 atom stereocenters. The van der Waals surface area contributed by atoms with Crippen molar-refractivity contribution in [1.82, 2.24) is 4.90 Å². The number of amides is 1. The van der Waals surface area contributed by atoms with Crippen LogP contribution in [0.15, 0.2) is 24.3 Å². The van der Waals surface area contributed by atoms with Gasteiger partial charge in [-0.1, -0.05) is 24.3 Å². The number of carbonyl (C=O) groups is 3. The zero-order valence-corrected chi connectivity index (χ0v) is 13.0. The Balaban J connectivity index is 1.72. The van der Waals surface area contributed by atoms with Gasteiger partial charge in [-0.25, -0.2) is 4.79 Å². The van der Waals surface area contributed by atoms with Gasteiger partial charge in [0.1, 0.15) is 6.04 Å². The van der Waals surface area contributed by atoms with Crippen molar-refractivity contribution >= 4 is 17.8 Å². The van der Waals surface area contributed by atoms with Crippen LogP contribution in [0.25, 0.3) is 0 Å². The number of nitrogens with zero attached hydrogens (tertiary/aromatic N) is 1. The van der Waals surface area contributed by atoms with Crippen molar-refractivity contribution in [3.8, 4) is 0 Å². The van der Waals surface area contributed by atoms with Gasteiger partial charge in [-0.2, -0.15) is 0 Å². The van der Waals surface area contributed by atoms with Crippen molar-refractivity contribution in [2.45, 2.75) is 31.8 Å². The van der Waals surface area contributed by atoms with Gasteiger partial charge in [0, 0.05) is 13.0 Å². The van der Waals surface area contributed by atoms with Gasteiger partial charge in [-0.05, 0) is 24.0 Å². The third-order valence-electron chi connectivity index (χ3n) is 4.29. The number of hydrogen-bond donors (Lipinski definition) is 0. The van der Waals surface area contributed by atoms with E-state index in [0.29, 0.717) is 13.0 Å². The molecule has 1 heterocycles. The molecule has 1 amide bonds. The summed E-state index contributed by atoms with van der Waals surface area (Å²) in [6.07, 6.45) is 2.06. The molecule has 0 aromatic heterocycles. The van der Waals surface area contributed by atoms with Crippen molar-refractivity contribution < 1.29 is 23.9 Å². The lowest BCUT2D eigenvalue weighted by molar-refractivity contribution is -0.159. The molecule has 1 aromatic rings. The summed E-state index contributed by atoms with van der Waals surface area (Å²) in [7, 11) is 1.30. The largest absolute Gasteiger partial charge is 0.467 e. The molecule has 6 nitrogen and oxygen atoms in total. The Morgan fingerprint density at radius 2 is 1.83 bits per heavy atom.